The third-order valence-corrected chi connectivity index (χ3v) is 10.7. The number of pyridine rings is 3. The molecule has 0 spiro atoms. The average Bonchev–Trinajstić information content (AvgIpc) is 3.80. The first-order valence-electron chi connectivity index (χ1n) is 19.7. The second-order valence-electron chi connectivity index (χ2n) is 14.1. The first-order valence-corrected chi connectivity index (χ1v) is 19.7. The molecule has 11 aromatic rings. The van der Waals surface area contributed by atoms with Crippen LogP contribution in [0.3, 0.4) is 0 Å². The van der Waals surface area contributed by atoms with Gasteiger partial charge in [0.05, 0.1) is 11.0 Å². The van der Waals surface area contributed by atoms with Gasteiger partial charge in [-0.2, -0.15) is 0 Å². The summed E-state index contributed by atoms with van der Waals surface area (Å²) < 4.78 is 4.69. The maximum atomic E-state index is 10.1. The van der Waals surface area contributed by atoms with E-state index in [0.717, 1.165) is 57.4 Å². The number of hydrogen-bond donors (Lipinski definition) is 1. The Balaban J connectivity index is 0.000000137. The summed E-state index contributed by atoms with van der Waals surface area (Å²) in [5.74, 6) is -0.990. The maximum Gasteiger partial charge on any atom is 0.354 e. The van der Waals surface area contributed by atoms with Crippen LogP contribution >= 0.6 is 0 Å². The van der Waals surface area contributed by atoms with Crippen molar-refractivity contribution < 1.29 is 30.0 Å². The Morgan fingerprint density at radius 1 is 0.533 bits per heavy atom. The third kappa shape index (κ3) is 7.66. The number of para-hydroxylation sites is 4. The van der Waals surface area contributed by atoms with Gasteiger partial charge in [-0.1, -0.05) is 114 Å². The van der Waals surface area contributed by atoms with Crippen LogP contribution in [-0.4, -0.2) is 35.2 Å². The molecule has 1 radical (unpaired) electrons. The Morgan fingerprint density at radius 3 is 1.42 bits per heavy atom. The Hall–Kier alpha value is -6.99. The fourth-order valence-electron chi connectivity index (χ4n) is 7.88. The van der Waals surface area contributed by atoms with E-state index in [0.29, 0.717) is 0 Å². The van der Waals surface area contributed by atoms with Crippen molar-refractivity contribution in [3.05, 3.63) is 188 Å². The summed E-state index contributed by atoms with van der Waals surface area (Å²) in [6.07, 6.45) is 1.45. The van der Waals surface area contributed by atoms with Gasteiger partial charge in [0, 0.05) is 50.4 Å². The van der Waals surface area contributed by atoms with Gasteiger partial charge in [0.2, 0.25) is 0 Å². The minimum absolute atomic E-state index is 0. The first kappa shape index (κ1) is 39.8. The average molecular weight is 958 g/mol. The van der Waals surface area contributed by atoms with Gasteiger partial charge in [-0.3, -0.25) is 9.97 Å². The van der Waals surface area contributed by atoms with E-state index in [1.165, 1.54) is 55.9 Å². The number of benzene rings is 6. The zero-order valence-electron chi connectivity index (χ0n) is 33.0. The normalized spacial score (nSPS) is 11.0. The van der Waals surface area contributed by atoms with Gasteiger partial charge in [0.1, 0.15) is 5.69 Å². The maximum absolute atomic E-state index is 10.1. The predicted octanol–water partition coefficient (Wildman–Crippen LogP) is 12.4. The molecule has 0 aliphatic rings. The number of fused-ring (bicyclic) bond motifs is 8. The van der Waals surface area contributed by atoms with Crippen LogP contribution in [0, 0.1) is 12.1 Å². The van der Waals surface area contributed by atoms with E-state index in [1.807, 2.05) is 24.3 Å². The van der Waals surface area contributed by atoms with Crippen LogP contribution in [0.2, 0.25) is 0 Å². The molecule has 295 valence electrons. The summed E-state index contributed by atoms with van der Waals surface area (Å²) in [5.41, 5.74) is 11.1. The molecule has 0 amide bonds. The molecular formula is C52H39IrN5O2-2. The van der Waals surface area contributed by atoms with E-state index >= 15 is 0 Å². The molecule has 0 bridgehead atoms. The first-order chi connectivity index (χ1) is 29.0. The molecule has 7 nitrogen and oxygen atoms in total. The minimum atomic E-state index is -0.990. The van der Waals surface area contributed by atoms with Crippen molar-refractivity contribution >= 4 is 71.4 Å². The SMILES string of the molecule is CCn1c2c[c-]c(-c3ccc4ccccc4n3)cc2c2ccccc21.CCn1c2c[c-]c(-c3ccc4ccccc4n3)cc2c2ccccc21.O=C(O)c1ccccn1.[Ir]. The molecule has 5 aromatic heterocycles. The van der Waals surface area contributed by atoms with Crippen molar-refractivity contribution in [1.82, 2.24) is 24.1 Å². The molecule has 60 heavy (non-hydrogen) atoms. The molecule has 5 heterocycles. The van der Waals surface area contributed by atoms with Crippen molar-refractivity contribution in [2.45, 2.75) is 26.9 Å². The Bertz CT molecular complexity index is 3100. The molecular weight excluding hydrogens is 919 g/mol. The van der Waals surface area contributed by atoms with E-state index < -0.39 is 5.97 Å². The van der Waals surface area contributed by atoms with Gasteiger partial charge < -0.3 is 14.2 Å². The van der Waals surface area contributed by atoms with E-state index in [2.05, 4.69) is 161 Å². The standard InChI is InChI=1S/2C23H17N2.C6H5NO2.Ir/c2*1-2-25-22-10-6-4-8-18(22)19-15-17(12-14-23(19)25)21-13-11-16-7-3-5-9-20(16)24-21;8-6(9)5-3-1-2-4-7-5;/h2*3-11,13-15H,2H2,1H3;1-4H,(H,8,9);/q2*-1;;. The van der Waals surface area contributed by atoms with Crippen molar-refractivity contribution in [3.63, 3.8) is 0 Å². The minimum Gasteiger partial charge on any atom is -0.477 e. The number of aromatic carboxylic acids is 1. The van der Waals surface area contributed by atoms with Gasteiger partial charge >= 0.3 is 5.97 Å². The molecule has 11 rings (SSSR count). The number of rotatable bonds is 5. The van der Waals surface area contributed by atoms with E-state index in [4.69, 9.17) is 15.1 Å². The largest absolute Gasteiger partial charge is 0.477 e. The summed E-state index contributed by atoms with van der Waals surface area (Å²) in [6.45, 7) is 6.27. The quantitative estimate of drug-likeness (QED) is 0.174. The molecule has 0 atom stereocenters. The van der Waals surface area contributed by atoms with Crippen LogP contribution in [0.1, 0.15) is 24.3 Å². The number of carboxylic acid groups (broad SMARTS) is 1. The molecule has 0 fully saturated rings. The molecule has 8 heteroatoms. The zero-order chi connectivity index (χ0) is 40.3. The number of aryl methyl sites for hydroxylation is 2. The molecule has 0 saturated heterocycles. The van der Waals surface area contributed by atoms with Crippen molar-refractivity contribution in [1.29, 1.82) is 0 Å². The number of hydrogen-bond acceptors (Lipinski definition) is 4. The third-order valence-electron chi connectivity index (χ3n) is 10.7. The van der Waals surface area contributed by atoms with Gasteiger partial charge in [0.25, 0.3) is 0 Å². The van der Waals surface area contributed by atoms with Crippen LogP contribution in [0.5, 0.6) is 0 Å². The number of aromatic nitrogens is 5. The molecule has 0 aliphatic heterocycles. The second-order valence-corrected chi connectivity index (χ2v) is 14.1. The summed E-state index contributed by atoms with van der Waals surface area (Å²) in [4.78, 5) is 23.4. The Kier molecular flexibility index (Phi) is 11.6. The van der Waals surface area contributed by atoms with E-state index in [-0.39, 0.29) is 25.8 Å². The van der Waals surface area contributed by atoms with E-state index in [1.54, 1.807) is 12.1 Å². The Morgan fingerprint density at radius 2 is 0.983 bits per heavy atom. The molecule has 0 aliphatic carbocycles. The van der Waals surface area contributed by atoms with Gasteiger partial charge in [-0.15, -0.1) is 47.5 Å². The number of nitrogens with zero attached hydrogens (tertiary/aromatic N) is 5. The van der Waals surface area contributed by atoms with Gasteiger partial charge in [-0.05, 0) is 94.2 Å². The smallest absolute Gasteiger partial charge is 0.354 e. The van der Waals surface area contributed by atoms with Crippen LogP contribution in [-0.2, 0) is 33.2 Å². The predicted molar refractivity (Wildman–Crippen MR) is 241 cm³/mol. The van der Waals surface area contributed by atoms with Gasteiger partial charge in [0.15, 0.2) is 0 Å². The second kappa shape index (κ2) is 17.5. The zero-order valence-corrected chi connectivity index (χ0v) is 35.4. The van der Waals surface area contributed by atoms with Crippen molar-refractivity contribution in [3.8, 4) is 22.5 Å². The summed E-state index contributed by atoms with van der Waals surface area (Å²) in [5, 5.41) is 15.8. The van der Waals surface area contributed by atoms with Crippen LogP contribution < -0.4 is 0 Å². The van der Waals surface area contributed by atoms with Crippen LogP contribution in [0.15, 0.2) is 170 Å². The summed E-state index contributed by atoms with van der Waals surface area (Å²) in [7, 11) is 0. The summed E-state index contributed by atoms with van der Waals surface area (Å²) in [6, 6.07) is 62.3. The van der Waals surface area contributed by atoms with E-state index in [9.17, 15) is 4.79 Å². The monoisotopic (exact) mass is 958 g/mol. The molecule has 1 N–H and O–H groups in total. The Labute approximate surface area is 361 Å². The number of carbonyl (C=O) groups is 1. The topological polar surface area (TPSA) is 85.8 Å². The van der Waals surface area contributed by atoms with Crippen molar-refractivity contribution in [2.24, 2.45) is 0 Å². The van der Waals surface area contributed by atoms with Crippen molar-refractivity contribution in [2.75, 3.05) is 0 Å². The number of carboxylic acids is 1. The van der Waals surface area contributed by atoms with Crippen LogP contribution in [0.4, 0.5) is 0 Å². The van der Waals surface area contributed by atoms with Gasteiger partial charge in [-0.25, -0.2) is 9.78 Å². The molecule has 0 saturated carbocycles. The molecule has 0 unspecified atom stereocenters. The van der Waals surface area contributed by atoms with Crippen LogP contribution in [0.25, 0.3) is 87.9 Å². The fraction of sp³-hybridized carbons (Fsp3) is 0.0769. The fourth-order valence-corrected chi connectivity index (χ4v) is 7.88. The molecule has 6 aromatic carbocycles. The summed E-state index contributed by atoms with van der Waals surface area (Å²) >= 11 is 0.